The van der Waals surface area contributed by atoms with Crippen molar-refractivity contribution >= 4 is 17.2 Å². The second-order valence-corrected chi connectivity index (χ2v) is 8.98. The monoisotopic (exact) mass is 359 g/mol. The van der Waals surface area contributed by atoms with E-state index in [0.29, 0.717) is 5.82 Å². The van der Waals surface area contributed by atoms with Gasteiger partial charge in [0.2, 0.25) is 0 Å². The van der Waals surface area contributed by atoms with Crippen molar-refractivity contribution in [1.29, 1.82) is 0 Å². The first-order chi connectivity index (χ1) is 11.9. The zero-order valence-electron chi connectivity index (χ0n) is 15.0. The standard InChI is InChI=1S/C18H25N5OS/c1-10(2)12-9-20-16(17(24)22-12)23-6-4-18(5-7-23)8-13-14(15(18)19)21-11(3)25-13/h9-10,15H,4-8,19H2,1-3H3,(H,22,24)/t15-/m1/s1. The molecular formula is C18H25N5OS. The summed E-state index contributed by atoms with van der Waals surface area (Å²) in [5, 5.41) is 1.11. The molecule has 2 aromatic heterocycles. The number of H-pyrrole nitrogens is 1. The van der Waals surface area contributed by atoms with Crippen LogP contribution in [0.4, 0.5) is 5.82 Å². The van der Waals surface area contributed by atoms with Crippen molar-refractivity contribution < 1.29 is 0 Å². The van der Waals surface area contributed by atoms with Gasteiger partial charge in [0.05, 0.1) is 16.7 Å². The molecular weight excluding hydrogens is 334 g/mol. The van der Waals surface area contributed by atoms with Gasteiger partial charge in [-0.3, -0.25) is 4.79 Å². The highest BCUT2D eigenvalue weighted by Gasteiger charge is 2.48. The Hall–Kier alpha value is -1.73. The van der Waals surface area contributed by atoms with E-state index in [1.54, 1.807) is 17.5 Å². The van der Waals surface area contributed by atoms with E-state index in [1.807, 2.05) is 20.8 Å². The number of aromatic amines is 1. The number of rotatable bonds is 2. The Morgan fingerprint density at radius 3 is 2.72 bits per heavy atom. The summed E-state index contributed by atoms with van der Waals surface area (Å²) in [5.41, 5.74) is 8.58. The molecule has 3 N–H and O–H groups in total. The number of hydrogen-bond donors (Lipinski definition) is 2. The van der Waals surface area contributed by atoms with Gasteiger partial charge in [-0.15, -0.1) is 11.3 Å². The summed E-state index contributed by atoms with van der Waals surface area (Å²) in [6.07, 6.45) is 4.77. The lowest BCUT2D eigenvalue weighted by atomic mass is 9.73. The molecule has 6 nitrogen and oxygen atoms in total. The molecule has 25 heavy (non-hydrogen) atoms. The van der Waals surface area contributed by atoms with Crippen LogP contribution in [-0.2, 0) is 6.42 Å². The average Bonchev–Trinajstić information content (AvgIpc) is 3.04. The first-order valence-electron chi connectivity index (χ1n) is 8.95. The van der Waals surface area contributed by atoms with Crippen LogP contribution >= 0.6 is 11.3 Å². The summed E-state index contributed by atoms with van der Waals surface area (Å²) < 4.78 is 0. The van der Waals surface area contributed by atoms with Crippen molar-refractivity contribution in [2.45, 2.75) is 52.0 Å². The largest absolute Gasteiger partial charge is 0.352 e. The molecule has 3 heterocycles. The van der Waals surface area contributed by atoms with Gasteiger partial charge in [0.1, 0.15) is 0 Å². The van der Waals surface area contributed by atoms with Crippen molar-refractivity contribution in [2.24, 2.45) is 11.1 Å². The van der Waals surface area contributed by atoms with Crippen LogP contribution in [0.25, 0.3) is 0 Å². The number of nitrogens with two attached hydrogens (primary N) is 1. The Labute approximate surface area is 151 Å². The number of thiazole rings is 1. The highest BCUT2D eigenvalue weighted by Crippen LogP contribution is 2.52. The number of piperidine rings is 1. The van der Waals surface area contributed by atoms with Gasteiger partial charge in [0.25, 0.3) is 5.56 Å². The number of aryl methyl sites for hydroxylation is 1. The Morgan fingerprint density at radius 1 is 1.40 bits per heavy atom. The van der Waals surface area contributed by atoms with Gasteiger partial charge in [0, 0.05) is 29.9 Å². The number of anilines is 1. The molecule has 0 aromatic carbocycles. The van der Waals surface area contributed by atoms with Gasteiger partial charge in [-0.1, -0.05) is 13.8 Å². The maximum Gasteiger partial charge on any atom is 0.291 e. The van der Waals surface area contributed by atoms with E-state index in [2.05, 4.69) is 19.9 Å². The number of hydrogen-bond acceptors (Lipinski definition) is 6. The summed E-state index contributed by atoms with van der Waals surface area (Å²) in [5.74, 6) is 0.805. The van der Waals surface area contributed by atoms with Gasteiger partial charge in [-0.25, -0.2) is 9.97 Å². The van der Waals surface area contributed by atoms with Crippen LogP contribution < -0.4 is 16.2 Å². The molecule has 1 atom stereocenters. The Bertz CT molecular complexity index is 847. The quantitative estimate of drug-likeness (QED) is 0.860. The van der Waals surface area contributed by atoms with Crippen LogP contribution in [0, 0.1) is 12.3 Å². The average molecular weight is 359 g/mol. The normalized spacial score (nSPS) is 22.0. The molecule has 0 amide bonds. The van der Waals surface area contributed by atoms with Crippen LogP contribution in [0.3, 0.4) is 0 Å². The second kappa shape index (κ2) is 5.92. The molecule has 1 aliphatic heterocycles. The van der Waals surface area contributed by atoms with Crippen LogP contribution in [-0.4, -0.2) is 28.0 Å². The Kier molecular flexibility index (Phi) is 3.96. The number of fused-ring (bicyclic) bond motifs is 1. The smallest absolute Gasteiger partial charge is 0.291 e. The van der Waals surface area contributed by atoms with Crippen LogP contribution in [0.15, 0.2) is 11.0 Å². The predicted octanol–water partition coefficient (Wildman–Crippen LogP) is 2.50. The molecule has 2 aliphatic rings. The highest BCUT2D eigenvalue weighted by atomic mass is 32.1. The maximum absolute atomic E-state index is 12.4. The summed E-state index contributed by atoms with van der Waals surface area (Å²) >= 11 is 1.78. The molecule has 7 heteroatoms. The topological polar surface area (TPSA) is 87.9 Å². The molecule has 2 aromatic rings. The number of nitrogens with zero attached hydrogens (tertiary/aromatic N) is 3. The first-order valence-corrected chi connectivity index (χ1v) is 9.77. The fourth-order valence-electron chi connectivity index (χ4n) is 4.15. The third-order valence-corrected chi connectivity index (χ3v) is 6.76. The number of aromatic nitrogens is 3. The molecule has 1 aliphatic carbocycles. The van der Waals surface area contributed by atoms with E-state index < -0.39 is 0 Å². The number of nitrogens with one attached hydrogen (secondary N) is 1. The van der Waals surface area contributed by atoms with E-state index in [9.17, 15) is 4.79 Å². The van der Waals surface area contributed by atoms with Gasteiger partial charge < -0.3 is 15.6 Å². The lowest BCUT2D eigenvalue weighted by Crippen LogP contribution is -2.46. The van der Waals surface area contributed by atoms with Crippen molar-refractivity contribution in [2.75, 3.05) is 18.0 Å². The van der Waals surface area contributed by atoms with E-state index in [-0.39, 0.29) is 22.9 Å². The molecule has 0 unspecified atom stereocenters. The molecule has 1 saturated heterocycles. The molecule has 134 valence electrons. The zero-order chi connectivity index (χ0) is 17.8. The maximum atomic E-state index is 12.4. The predicted molar refractivity (Wildman–Crippen MR) is 100 cm³/mol. The minimum Gasteiger partial charge on any atom is -0.352 e. The fourth-order valence-corrected chi connectivity index (χ4v) is 5.29. The summed E-state index contributed by atoms with van der Waals surface area (Å²) in [6, 6.07) is 0.0177. The van der Waals surface area contributed by atoms with Crippen LogP contribution in [0.1, 0.15) is 59.9 Å². The summed E-state index contributed by atoms with van der Waals surface area (Å²) in [7, 11) is 0. The van der Waals surface area contributed by atoms with Gasteiger partial charge in [-0.2, -0.15) is 0 Å². The lowest BCUT2D eigenvalue weighted by Gasteiger charge is -2.42. The van der Waals surface area contributed by atoms with E-state index in [4.69, 9.17) is 5.73 Å². The van der Waals surface area contributed by atoms with Crippen molar-refractivity contribution in [3.8, 4) is 0 Å². The Balaban J connectivity index is 1.51. The zero-order valence-corrected chi connectivity index (χ0v) is 15.8. The summed E-state index contributed by atoms with van der Waals surface area (Å²) in [4.78, 5) is 27.9. The van der Waals surface area contributed by atoms with E-state index in [0.717, 1.165) is 48.7 Å². The van der Waals surface area contributed by atoms with E-state index >= 15 is 0 Å². The van der Waals surface area contributed by atoms with Gasteiger partial charge in [0.15, 0.2) is 5.82 Å². The van der Waals surface area contributed by atoms with Crippen molar-refractivity contribution in [3.05, 3.63) is 37.8 Å². The second-order valence-electron chi connectivity index (χ2n) is 7.69. The van der Waals surface area contributed by atoms with Crippen molar-refractivity contribution in [1.82, 2.24) is 15.0 Å². The third-order valence-electron chi connectivity index (χ3n) is 5.77. The molecule has 0 bridgehead atoms. The lowest BCUT2D eigenvalue weighted by molar-refractivity contribution is 0.186. The third kappa shape index (κ3) is 2.69. The van der Waals surface area contributed by atoms with Crippen LogP contribution in [0.5, 0.6) is 0 Å². The van der Waals surface area contributed by atoms with Crippen molar-refractivity contribution in [3.63, 3.8) is 0 Å². The minimum atomic E-state index is -0.0886. The highest BCUT2D eigenvalue weighted by molar-refractivity contribution is 7.11. The SMILES string of the molecule is Cc1nc2c(s1)CC1(CCN(c3ncc(C(C)C)[nH]c3=O)CC1)[C@@H]2N. The fraction of sp³-hybridized carbons (Fsp3) is 0.611. The molecule has 0 saturated carbocycles. The molecule has 4 rings (SSSR count). The van der Waals surface area contributed by atoms with Crippen LogP contribution in [0.2, 0.25) is 0 Å². The minimum absolute atomic E-state index is 0.0177. The Morgan fingerprint density at radius 2 is 2.12 bits per heavy atom. The summed E-state index contributed by atoms with van der Waals surface area (Å²) in [6.45, 7) is 7.78. The van der Waals surface area contributed by atoms with Gasteiger partial charge in [-0.05, 0) is 37.5 Å². The van der Waals surface area contributed by atoms with E-state index in [1.165, 1.54) is 4.88 Å². The van der Waals surface area contributed by atoms with Gasteiger partial charge >= 0.3 is 0 Å². The molecule has 1 spiro atoms. The molecule has 0 radical (unpaired) electrons. The first kappa shape index (κ1) is 16.7. The molecule has 1 fully saturated rings.